The second kappa shape index (κ2) is 8.78. The van der Waals surface area contributed by atoms with Crippen molar-refractivity contribution in [2.75, 3.05) is 13.2 Å². The van der Waals surface area contributed by atoms with Crippen LogP contribution in [0.15, 0.2) is 35.6 Å². The smallest absolute Gasteiger partial charge is 0.424 e. The zero-order valence-electron chi connectivity index (χ0n) is 17.6. The van der Waals surface area contributed by atoms with Crippen LogP contribution in [0.5, 0.6) is 5.88 Å². The number of amidine groups is 1. The van der Waals surface area contributed by atoms with Gasteiger partial charge in [-0.05, 0) is 37.6 Å². The number of aromatic nitrogens is 2. The third kappa shape index (κ3) is 4.80. The van der Waals surface area contributed by atoms with E-state index in [0.29, 0.717) is 0 Å². The molecule has 1 aromatic heterocycles. The van der Waals surface area contributed by atoms with Crippen molar-refractivity contribution >= 4 is 17.7 Å². The highest BCUT2D eigenvalue weighted by Gasteiger charge is 2.59. The van der Waals surface area contributed by atoms with Gasteiger partial charge in [-0.2, -0.15) is 13.2 Å². The largest absolute Gasteiger partial charge is 0.463 e. The maximum Gasteiger partial charge on any atom is 0.424 e. The molecule has 1 aliphatic heterocycles. The monoisotopic (exact) mass is 466 g/mol. The third-order valence-corrected chi connectivity index (χ3v) is 5.08. The third-order valence-electron chi connectivity index (χ3n) is 5.08. The molecule has 2 N–H and O–H groups in total. The molecular formula is C22H19F5N4O2. The summed E-state index contributed by atoms with van der Waals surface area (Å²) in [6.45, 7) is 1.50. The Hall–Kier alpha value is -3.52. The van der Waals surface area contributed by atoms with Gasteiger partial charge in [-0.3, -0.25) is 4.99 Å². The van der Waals surface area contributed by atoms with Crippen LogP contribution in [0.1, 0.15) is 30.7 Å². The van der Waals surface area contributed by atoms with Crippen LogP contribution in [-0.4, -0.2) is 40.8 Å². The number of terminal acetylenes is 1. The number of alkyl halides is 3. The number of halogens is 5. The molecule has 2 aromatic rings. The van der Waals surface area contributed by atoms with Gasteiger partial charge in [0, 0.05) is 5.56 Å². The van der Waals surface area contributed by atoms with E-state index in [4.69, 9.17) is 21.6 Å². The molecule has 0 fully saturated rings. The molecule has 0 amide bonds. The predicted octanol–water partition coefficient (Wildman–Crippen LogP) is 4.02. The van der Waals surface area contributed by atoms with Crippen molar-refractivity contribution in [2.24, 2.45) is 10.7 Å². The fourth-order valence-electron chi connectivity index (χ4n) is 3.02. The van der Waals surface area contributed by atoms with Gasteiger partial charge in [0.05, 0.1) is 19.0 Å². The lowest BCUT2D eigenvalue weighted by Gasteiger charge is -2.41. The van der Waals surface area contributed by atoms with Gasteiger partial charge in [-0.25, -0.2) is 18.7 Å². The van der Waals surface area contributed by atoms with Gasteiger partial charge in [-0.1, -0.05) is 12.0 Å². The van der Waals surface area contributed by atoms with Crippen LogP contribution in [0.25, 0.3) is 11.9 Å². The van der Waals surface area contributed by atoms with Gasteiger partial charge in [0.2, 0.25) is 11.5 Å². The van der Waals surface area contributed by atoms with E-state index < -0.39 is 41.4 Å². The molecular weight excluding hydrogens is 447 g/mol. The standard InChI is InChI=1S/C22H19F5N4O2/c1-4-7-32-18-11-29-17(10-30-18)16(24)9-13-5-6-15(23)14(8-13)20(2)12-33-21(3,19(28)31-20)22(25,26)27/h1,5-6,8-11H,7,12H2,2-3H3,(H2,28,31)/b16-9-/t20-,21+/m0/s1. The molecule has 11 heteroatoms. The van der Waals surface area contributed by atoms with Crippen LogP contribution in [0, 0.1) is 18.2 Å². The van der Waals surface area contributed by atoms with Gasteiger partial charge < -0.3 is 15.2 Å². The molecule has 6 nitrogen and oxygen atoms in total. The lowest BCUT2D eigenvalue weighted by molar-refractivity contribution is -0.249. The molecule has 33 heavy (non-hydrogen) atoms. The first-order valence-corrected chi connectivity index (χ1v) is 9.52. The quantitative estimate of drug-likeness (QED) is 0.532. The topological polar surface area (TPSA) is 82.6 Å². The average Bonchev–Trinajstić information content (AvgIpc) is 2.76. The van der Waals surface area contributed by atoms with E-state index in [1.165, 1.54) is 25.3 Å². The second-order valence-electron chi connectivity index (χ2n) is 7.55. The Balaban J connectivity index is 1.92. The lowest BCUT2D eigenvalue weighted by atomic mass is 9.88. The fourth-order valence-corrected chi connectivity index (χ4v) is 3.02. The molecule has 1 aliphatic rings. The molecule has 0 radical (unpaired) electrons. The van der Waals surface area contributed by atoms with Gasteiger partial charge in [0.15, 0.2) is 12.4 Å². The van der Waals surface area contributed by atoms with E-state index in [1.54, 1.807) is 0 Å². The highest BCUT2D eigenvalue weighted by molar-refractivity contribution is 5.90. The van der Waals surface area contributed by atoms with Crippen LogP contribution in [0.4, 0.5) is 22.0 Å². The van der Waals surface area contributed by atoms with Crippen LogP contribution in [0.2, 0.25) is 0 Å². The molecule has 0 unspecified atom stereocenters. The fraction of sp³-hybridized carbons (Fsp3) is 0.318. The van der Waals surface area contributed by atoms with Crippen LogP contribution >= 0.6 is 0 Å². The maximum absolute atomic E-state index is 14.7. The Morgan fingerprint density at radius 3 is 2.61 bits per heavy atom. The summed E-state index contributed by atoms with van der Waals surface area (Å²) >= 11 is 0. The number of hydrogen-bond acceptors (Lipinski definition) is 6. The normalized spacial score (nSPS) is 23.6. The van der Waals surface area contributed by atoms with E-state index in [2.05, 4.69) is 20.9 Å². The first-order chi connectivity index (χ1) is 15.4. The molecule has 0 saturated heterocycles. The molecule has 0 saturated carbocycles. The number of ether oxygens (including phenoxy) is 2. The van der Waals surface area contributed by atoms with E-state index in [0.717, 1.165) is 25.3 Å². The Bertz CT molecular complexity index is 1140. The number of aliphatic imine (C=N–C) groups is 1. The number of nitrogens with zero attached hydrogens (tertiary/aromatic N) is 3. The van der Waals surface area contributed by atoms with Crippen LogP contribution in [-0.2, 0) is 10.3 Å². The Labute approximate surface area is 186 Å². The zero-order valence-corrected chi connectivity index (χ0v) is 17.6. The van der Waals surface area contributed by atoms with Crippen molar-refractivity contribution in [3.8, 4) is 18.2 Å². The van der Waals surface area contributed by atoms with Crippen LogP contribution < -0.4 is 10.5 Å². The Morgan fingerprint density at radius 1 is 1.30 bits per heavy atom. The van der Waals surface area contributed by atoms with Crippen molar-refractivity contribution < 1.29 is 31.4 Å². The van der Waals surface area contributed by atoms with Crippen molar-refractivity contribution in [3.05, 3.63) is 53.2 Å². The number of nitrogens with two attached hydrogens (primary N) is 1. The van der Waals surface area contributed by atoms with Crippen molar-refractivity contribution in [2.45, 2.75) is 31.2 Å². The zero-order chi connectivity index (χ0) is 24.4. The Morgan fingerprint density at radius 2 is 2.03 bits per heavy atom. The molecule has 0 spiro atoms. The highest BCUT2D eigenvalue weighted by atomic mass is 19.4. The first-order valence-electron chi connectivity index (χ1n) is 9.52. The summed E-state index contributed by atoms with van der Waals surface area (Å²) in [7, 11) is 0. The van der Waals surface area contributed by atoms with Crippen molar-refractivity contribution in [1.29, 1.82) is 0 Å². The van der Waals surface area contributed by atoms with E-state index in [-0.39, 0.29) is 29.3 Å². The van der Waals surface area contributed by atoms with Crippen molar-refractivity contribution in [3.63, 3.8) is 0 Å². The number of hydrogen-bond donors (Lipinski definition) is 1. The summed E-state index contributed by atoms with van der Waals surface area (Å²) in [5.41, 5.74) is 1.20. The molecule has 2 heterocycles. The van der Waals surface area contributed by atoms with Crippen LogP contribution in [0.3, 0.4) is 0 Å². The molecule has 0 aliphatic carbocycles. The summed E-state index contributed by atoms with van der Waals surface area (Å²) in [5.74, 6) is -0.0252. The van der Waals surface area contributed by atoms with Gasteiger partial charge in [0.1, 0.15) is 22.9 Å². The summed E-state index contributed by atoms with van der Waals surface area (Å²) in [6, 6.07) is 3.59. The van der Waals surface area contributed by atoms with E-state index >= 15 is 0 Å². The Kier molecular flexibility index (Phi) is 6.42. The van der Waals surface area contributed by atoms with E-state index in [9.17, 15) is 22.0 Å². The average molecular weight is 466 g/mol. The van der Waals surface area contributed by atoms with Gasteiger partial charge in [0.25, 0.3) is 0 Å². The highest BCUT2D eigenvalue weighted by Crippen LogP contribution is 2.41. The first kappa shape index (κ1) is 24.1. The van der Waals surface area contributed by atoms with Gasteiger partial charge in [-0.15, -0.1) is 6.42 Å². The molecule has 174 valence electrons. The minimum atomic E-state index is -4.81. The molecule has 2 atom stereocenters. The van der Waals surface area contributed by atoms with Crippen molar-refractivity contribution in [1.82, 2.24) is 9.97 Å². The minimum absolute atomic E-state index is 0.0255. The SMILES string of the molecule is C#CCOc1cnc(/C(F)=C/c2ccc(F)c([C@]3(C)CO[C@@](C)(C(F)(F)F)C(N)=N3)c2)cn1. The molecule has 1 aromatic carbocycles. The number of benzene rings is 1. The second-order valence-corrected chi connectivity index (χ2v) is 7.55. The van der Waals surface area contributed by atoms with Gasteiger partial charge >= 0.3 is 6.18 Å². The number of rotatable bonds is 5. The summed E-state index contributed by atoms with van der Waals surface area (Å²) in [4.78, 5) is 11.7. The predicted molar refractivity (Wildman–Crippen MR) is 111 cm³/mol. The molecule has 3 rings (SSSR count). The van der Waals surface area contributed by atoms with E-state index in [1.807, 2.05) is 0 Å². The minimum Gasteiger partial charge on any atom is -0.463 e. The molecule has 0 bridgehead atoms. The summed E-state index contributed by atoms with van der Waals surface area (Å²) in [5, 5.41) is 0. The summed E-state index contributed by atoms with van der Waals surface area (Å²) in [6.07, 6.45) is 3.64. The maximum atomic E-state index is 14.7. The lowest BCUT2D eigenvalue weighted by Crippen LogP contribution is -2.60. The summed E-state index contributed by atoms with van der Waals surface area (Å²) < 4.78 is 79.3.